The van der Waals surface area contributed by atoms with E-state index in [1.165, 1.54) is 17.4 Å². The number of nitrogens with zero attached hydrogens (tertiary/aromatic N) is 1. The van der Waals surface area contributed by atoms with Crippen LogP contribution in [0.2, 0.25) is 0 Å². The Hall–Kier alpha value is -3.06. The van der Waals surface area contributed by atoms with E-state index in [-0.39, 0.29) is 11.6 Å². The lowest BCUT2D eigenvalue weighted by molar-refractivity contribution is -0.119. The third-order valence-electron chi connectivity index (χ3n) is 4.89. The van der Waals surface area contributed by atoms with Crippen molar-refractivity contribution < 1.29 is 18.4 Å². The lowest BCUT2D eigenvalue weighted by Gasteiger charge is -2.39. The fraction of sp³-hybridized carbons (Fsp3) is 0.143. The average molecular weight is 398 g/mol. The van der Waals surface area contributed by atoms with Crippen LogP contribution in [0.25, 0.3) is 0 Å². The van der Waals surface area contributed by atoms with Crippen molar-refractivity contribution in [1.29, 1.82) is 0 Å². The summed E-state index contributed by atoms with van der Waals surface area (Å²) in [6, 6.07) is 13.1. The zero-order chi connectivity index (χ0) is 19.8. The second-order valence-electron chi connectivity index (χ2n) is 6.55. The minimum Gasteiger partial charge on any atom is -0.333 e. The minimum absolute atomic E-state index is 0.103. The Balaban J connectivity index is 1.79. The number of carbonyl (C=O) groups excluding carboxylic acids is 2. The molecule has 2 amide bonds. The van der Waals surface area contributed by atoms with Crippen molar-refractivity contribution in [3.8, 4) is 0 Å². The normalized spacial score (nSPS) is 18.7. The van der Waals surface area contributed by atoms with E-state index in [2.05, 4.69) is 5.32 Å². The summed E-state index contributed by atoms with van der Waals surface area (Å²) in [5.41, 5.74) is 0.926. The number of rotatable bonds is 3. The largest absolute Gasteiger partial charge is 0.333 e. The van der Waals surface area contributed by atoms with E-state index < -0.39 is 29.5 Å². The molecule has 0 radical (unpaired) electrons. The van der Waals surface area contributed by atoms with E-state index in [1.807, 2.05) is 17.5 Å². The monoisotopic (exact) mass is 398 g/mol. The van der Waals surface area contributed by atoms with Gasteiger partial charge in [-0.05, 0) is 35.2 Å². The van der Waals surface area contributed by atoms with E-state index in [0.29, 0.717) is 11.1 Å². The van der Waals surface area contributed by atoms with Crippen molar-refractivity contribution in [3.63, 3.8) is 0 Å². The number of likely N-dealkylation sites (N-methyl/N-ethyl adjacent to an activating group) is 1. The molecule has 0 saturated heterocycles. The molecule has 4 nitrogen and oxygen atoms in total. The molecular formula is C21H16F2N2O2S. The molecule has 142 valence electrons. The van der Waals surface area contributed by atoms with Crippen LogP contribution in [0.1, 0.15) is 32.8 Å². The SMILES string of the molecule is CN1C(=O)c2ccccc2[C@H](C(=O)Nc2ccc(F)cc2F)[C@@H]1c1cccs1. The number of thiophene rings is 1. The molecule has 2 aromatic carbocycles. The highest BCUT2D eigenvalue weighted by molar-refractivity contribution is 7.10. The van der Waals surface area contributed by atoms with Crippen LogP contribution < -0.4 is 5.32 Å². The first-order chi connectivity index (χ1) is 13.5. The maximum Gasteiger partial charge on any atom is 0.254 e. The van der Waals surface area contributed by atoms with Gasteiger partial charge in [0, 0.05) is 23.6 Å². The van der Waals surface area contributed by atoms with Gasteiger partial charge >= 0.3 is 0 Å². The van der Waals surface area contributed by atoms with E-state index in [9.17, 15) is 18.4 Å². The van der Waals surface area contributed by atoms with Crippen LogP contribution >= 0.6 is 11.3 Å². The number of hydrogen-bond acceptors (Lipinski definition) is 3. The first-order valence-electron chi connectivity index (χ1n) is 8.63. The van der Waals surface area contributed by atoms with Crippen molar-refractivity contribution in [1.82, 2.24) is 4.90 Å². The predicted octanol–water partition coefficient (Wildman–Crippen LogP) is 4.58. The second-order valence-corrected chi connectivity index (χ2v) is 7.53. The Labute approximate surface area is 164 Å². The summed E-state index contributed by atoms with van der Waals surface area (Å²) >= 11 is 1.44. The first-order valence-corrected chi connectivity index (χ1v) is 9.50. The van der Waals surface area contributed by atoms with Crippen molar-refractivity contribution in [2.45, 2.75) is 12.0 Å². The molecule has 4 rings (SSSR count). The molecular weight excluding hydrogens is 382 g/mol. The zero-order valence-corrected chi connectivity index (χ0v) is 15.7. The van der Waals surface area contributed by atoms with Crippen LogP contribution in [0.3, 0.4) is 0 Å². The number of anilines is 1. The molecule has 3 aromatic rings. The van der Waals surface area contributed by atoms with Gasteiger partial charge in [-0.1, -0.05) is 24.3 Å². The fourth-order valence-electron chi connectivity index (χ4n) is 3.57. The summed E-state index contributed by atoms with van der Waals surface area (Å²) in [6.45, 7) is 0. The smallest absolute Gasteiger partial charge is 0.254 e. The molecule has 0 bridgehead atoms. The predicted molar refractivity (Wildman–Crippen MR) is 103 cm³/mol. The third kappa shape index (κ3) is 3.07. The molecule has 1 N–H and O–H groups in total. The third-order valence-corrected chi connectivity index (χ3v) is 5.83. The van der Waals surface area contributed by atoms with Crippen LogP contribution in [0.4, 0.5) is 14.5 Å². The number of nitrogens with one attached hydrogen (secondary N) is 1. The Bertz CT molecular complexity index is 1050. The standard InChI is InChI=1S/C21H16F2N2O2S/c1-25-19(17-7-4-10-28-17)18(13-5-2-3-6-14(13)21(25)27)20(26)24-16-9-8-12(22)11-15(16)23/h2-11,18-19H,1H3,(H,24,26)/t18-,19-/m0/s1. The maximum atomic E-state index is 14.1. The van der Waals surface area contributed by atoms with E-state index in [0.717, 1.165) is 17.0 Å². The van der Waals surface area contributed by atoms with Crippen LogP contribution in [0.15, 0.2) is 60.0 Å². The second kappa shape index (κ2) is 7.16. The van der Waals surface area contributed by atoms with Crippen LogP contribution in [-0.4, -0.2) is 23.8 Å². The number of carbonyl (C=O) groups is 2. The van der Waals surface area contributed by atoms with Crippen molar-refractivity contribution in [3.05, 3.63) is 87.6 Å². The van der Waals surface area contributed by atoms with Gasteiger partial charge in [0.1, 0.15) is 11.6 Å². The first kappa shape index (κ1) is 18.3. The van der Waals surface area contributed by atoms with E-state index in [1.54, 1.807) is 36.2 Å². The molecule has 0 aliphatic carbocycles. The Morgan fingerprint density at radius 2 is 1.89 bits per heavy atom. The fourth-order valence-corrected chi connectivity index (χ4v) is 4.48. The number of benzene rings is 2. The van der Waals surface area contributed by atoms with Crippen LogP contribution in [0.5, 0.6) is 0 Å². The summed E-state index contributed by atoms with van der Waals surface area (Å²) in [5.74, 6) is -2.95. The number of halogens is 2. The van der Waals surface area contributed by atoms with Gasteiger partial charge in [-0.3, -0.25) is 9.59 Å². The van der Waals surface area contributed by atoms with Crippen molar-refractivity contribution >= 4 is 28.8 Å². The maximum absolute atomic E-state index is 14.1. The highest BCUT2D eigenvalue weighted by atomic mass is 32.1. The molecule has 28 heavy (non-hydrogen) atoms. The Morgan fingerprint density at radius 3 is 2.61 bits per heavy atom. The van der Waals surface area contributed by atoms with Crippen LogP contribution in [-0.2, 0) is 4.79 Å². The Kier molecular flexibility index (Phi) is 4.68. The van der Waals surface area contributed by atoms with Gasteiger partial charge in [-0.15, -0.1) is 11.3 Å². The number of fused-ring (bicyclic) bond motifs is 1. The average Bonchev–Trinajstić information content (AvgIpc) is 3.21. The van der Waals surface area contributed by atoms with Gasteiger partial charge in [-0.2, -0.15) is 0 Å². The summed E-state index contributed by atoms with van der Waals surface area (Å²) in [6.07, 6.45) is 0. The molecule has 2 heterocycles. The quantitative estimate of drug-likeness (QED) is 0.702. The van der Waals surface area contributed by atoms with Crippen molar-refractivity contribution in [2.24, 2.45) is 0 Å². The lowest BCUT2D eigenvalue weighted by atomic mass is 9.81. The van der Waals surface area contributed by atoms with Gasteiger partial charge in [0.2, 0.25) is 5.91 Å². The van der Waals surface area contributed by atoms with Gasteiger partial charge in [0.25, 0.3) is 5.91 Å². The summed E-state index contributed by atoms with van der Waals surface area (Å²) < 4.78 is 27.2. The van der Waals surface area contributed by atoms with E-state index in [4.69, 9.17) is 0 Å². The van der Waals surface area contributed by atoms with Crippen LogP contribution in [0, 0.1) is 11.6 Å². The van der Waals surface area contributed by atoms with Gasteiger partial charge < -0.3 is 10.2 Å². The van der Waals surface area contributed by atoms with Gasteiger partial charge in [-0.25, -0.2) is 8.78 Å². The van der Waals surface area contributed by atoms with Gasteiger partial charge in [0.15, 0.2) is 0 Å². The molecule has 1 aliphatic heterocycles. The summed E-state index contributed by atoms with van der Waals surface area (Å²) in [5, 5.41) is 4.44. The highest BCUT2D eigenvalue weighted by Gasteiger charge is 2.43. The molecule has 0 spiro atoms. The Morgan fingerprint density at radius 1 is 1.11 bits per heavy atom. The zero-order valence-electron chi connectivity index (χ0n) is 14.9. The molecule has 0 saturated carbocycles. The molecule has 0 unspecified atom stereocenters. The minimum atomic E-state index is -0.852. The lowest BCUT2D eigenvalue weighted by Crippen LogP contribution is -2.43. The summed E-state index contributed by atoms with van der Waals surface area (Å²) in [7, 11) is 1.65. The number of hydrogen-bond donors (Lipinski definition) is 1. The highest BCUT2D eigenvalue weighted by Crippen LogP contribution is 2.43. The molecule has 1 aliphatic rings. The number of amides is 2. The van der Waals surface area contributed by atoms with Gasteiger partial charge in [0.05, 0.1) is 17.6 Å². The molecule has 0 fully saturated rings. The summed E-state index contributed by atoms with van der Waals surface area (Å²) in [4.78, 5) is 28.5. The molecule has 1 aromatic heterocycles. The van der Waals surface area contributed by atoms with E-state index >= 15 is 0 Å². The van der Waals surface area contributed by atoms with Crippen molar-refractivity contribution in [2.75, 3.05) is 12.4 Å². The topological polar surface area (TPSA) is 49.4 Å². The molecule has 2 atom stereocenters. The molecule has 7 heteroatoms.